The van der Waals surface area contributed by atoms with Crippen molar-refractivity contribution >= 4 is 34.4 Å². The summed E-state index contributed by atoms with van der Waals surface area (Å²) >= 11 is 12.2. The van der Waals surface area contributed by atoms with Crippen LogP contribution in [-0.4, -0.2) is 39.5 Å². The minimum atomic E-state index is -0.499. The van der Waals surface area contributed by atoms with Crippen LogP contribution in [0, 0.1) is 5.95 Å². The van der Waals surface area contributed by atoms with Crippen LogP contribution in [0.1, 0.15) is 30.1 Å². The summed E-state index contributed by atoms with van der Waals surface area (Å²) in [6.45, 7) is 2.94. The molecule has 136 valence electrons. The number of imidazole rings is 1. The van der Waals surface area contributed by atoms with Crippen LogP contribution in [0.5, 0.6) is 0 Å². The molecule has 0 radical (unpaired) electrons. The molecule has 1 saturated heterocycles. The first-order valence-electron chi connectivity index (χ1n) is 8.76. The van der Waals surface area contributed by atoms with Crippen molar-refractivity contribution in [3.63, 3.8) is 0 Å². The van der Waals surface area contributed by atoms with Gasteiger partial charge in [0.15, 0.2) is 5.65 Å². The number of likely N-dealkylation sites (tertiary alicyclic amines) is 1. The Hall–Kier alpha value is -1.69. The van der Waals surface area contributed by atoms with Gasteiger partial charge < -0.3 is 9.88 Å². The number of halogens is 3. The standard InChI is InChI=1S/C19H19Cl2FN4/c20-14-8-12(9-15(21)10-14)5-7-26-6-1-2-13(11-26)18-23-16-3-4-17(22)24-19(16)25-18/h3-4,8-10,13H,1-2,5-7,11H2,(H,23,24,25). The number of benzene rings is 1. The Balaban J connectivity index is 1.43. The number of piperidine rings is 1. The predicted octanol–water partition coefficient (Wildman–Crippen LogP) is 4.83. The van der Waals surface area contributed by atoms with E-state index in [0.717, 1.165) is 55.8 Å². The van der Waals surface area contributed by atoms with Crippen LogP contribution in [0.3, 0.4) is 0 Å². The maximum Gasteiger partial charge on any atom is 0.215 e. The van der Waals surface area contributed by atoms with E-state index in [4.69, 9.17) is 23.2 Å². The number of fused-ring (bicyclic) bond motifs is 1. The van der Waals surface area contributed by atoms with Gasteiger partial charge in [0.2, 0.25) is 5.95 Å². The average Bonchev–Trinajstić information content (AvgIpc) is 3.03. The summed E-state index contributed by atoms with van der Waals surface area (Å²) in [5.41, 5.74) is 2.38. The maximum atomic E-state index is 13.3. The fourth-order valence-corrected chi connectivity index (χ4v) is 4.18. The number of rotatable bonds is 4. The van der Waals surface area contributed by atoms with Crippen LogP contribution in [0.25, 0.3) is 11.2 Å². The van der Waals surface area contributed by atoms with Crippen LogP contribution in [0.15, 0.2) is 30.3 Å². The second kappa shape index (κ2) is 7.51. The molecule has 1 aromatic carbocycles. The van der Waals surface area contributed by atoms with Gasteiger partial charge in [-0.15, -0.1) is 0 Å². The summed E-state index contributed by atoms with van der Waals surface area (Å²) in [5, 5.41) is 1.34. The normalized spacial score (nSPS) is 18.5. The summed E-state index contributed by atoms with van der Waals surface area (Å²) in [6.07, 6.45) is 3.08. The van der Waals surface area contributed by atoms with Gasteiger partial charge >= 0.3 is 0 Å². The molecular weight excluding hydrogens is 374 g/mol. The Kier molecular flexibility index (Phi) is 5.11. The van der Waals surface area contributed by atoms with Gasteiger partial charge in [-0.2, -0.15) is 9.37 Å². The summed E-state index contributed by atoms with van der Waals surface area (Å²) in [4.78, 5) is 14.1. The summed E-state index contributed by atoms with van der Waals surface area (Å²) in [6, 6.07) is 8.73. The van der Waals surface area contributed by atoms with Crippen molar-refractivity contribution < 1.29 is 4.39 Å². The van der Waals surface area contributed by atoms with E-state index in [-0.39, 0.29) is 0 Å². The van der Waals surface area contributed by atoms with E-state index in [1.165, 1.54) is 6.07 Å². The second-order valence-corrected chi connectivity index (χ2v) is 7.67. The molecular formula is C19H19Cl2FN4. The molecule has 4 nitrogen and oxygen atoms in total. The topological polar surface area (TPSA) is 44.8 Å². The van der Waals surface area contributed by atoms with Crippen LogP contribution < -0.4 is 0 Å². The number of pyridine rings is 1. The van der Waals surface area contributed by atoms with Crippen molar-refractivity contribution in [3.05, 3.63) is 57.7 Å². The third kappa shape index (κ3) is 4.00. The average molecular weight is 393 g/mol. The Morgan fingerprint density at radius 3 is 2.77 bits per heavy atom. The minimum absolute atomic E-state index is 0.309. The Labute approximate surface area is 161 Å². The lowest BCUT2D eigenvalue weighted by atomic mass is 9.97. The zero-order chi connectivity index (χ0) is 18.1. The van der Waals surface area contributed by atoms with Gasteiger partial charge in [0.05, 0.1) is 5.52 Å². The fraction of sp³-hybridized carbons (Fsp3) is 0.368. The number of H-pyrrole nitrogens is 1. The molecule has 2 aromatic heterocycles. The maximum absolute atomic E-state index is 13.3. The van der Waals surface area contributed by atoms with Crippen molar-refractivity contribution in [2.75, 3.05) is 19.6 Å². The van der Waals surface area contributed by atoms with E-state index in [0.29, 0.717) is 21.6 Å². The Morgan fingerprint density at radius 1 is 1.15 bits per heavy atom. The molecule has 0 aliphatic carbocycles. The first kappa shape index (κ1) is 17.7. The van der Waals surface area contributed by atoms with Gasteiger partial charge in [0.1, 0.15) is 5.82 Å². The number of nitrogens with one attached hydrogen (secondary N) is 1. The highest BCUT2D eigenvalue weighted by Gasteiger charge is 2.24. The molecule has 0 saturated carbocycles. The van der Waals surface area contributed by atoms with E-state index in [1.807, 2.05) is 12.1 Å². The number of hydrogen-bond donors (Lipinski definition) is 1. The van der Waals surface area contributed by atoms with Gasteiger partial charge in [-0.1, -0.05) is 23.2 Å². The third-order valence-electron chi connectivity index (χ3n) is 4.86. The second-order valence-electron chi connectivity index (χ2n) is 6.79. The van der Waals surface area contributed by atoms with Gasteiger partial charge in [-0.05, 0) is 61.7 Å². The highest BCUT2D eigenvalue weighted by molar-refractivity contribution is 6.34. The van der Waals surface area contributed by atoms with E-state index in [2.05, 4.69) is 19.9 Å². The molecule has 1 aliphatic rings. The predicted molar refractivity (Wildman–Crippen MR) is 102 cm³/mol. The first-order chi connectivity index (χ1) is 12.6. The molecule has 0 spiro atoms. The largest absolute Gasteiger partial charge is 0.340 e. The van der Waals surface area contributed by atoms with Crippen molar-refractivity contribution in [2.24, 2.45) is 0 Å². The fourth-order valence-electron chi connectivity index (χ4n) is 3.61. The number of aromatic nitrogens is 3. The lowest BCUT2D eigenvalue weighted by Gasteiger charge is -2.31. The highest BCUT2D eigenvalue weighted by Crippen LogP contribution is 2.27. The van der Waals surface area contributed by atoms with E-state index >= 15 is 0 Å². The van der Waals surface area contributed by atoms with Crippen molar-refractivity contribution in [1.29, 1.82) is 0 Å². The third-order valence-corrected chi connectivity index (χ3v) is 5.30. The summed E-state index contributed by atoms with van der Waals surface area (Å²) in [5.74, 6) is 0.707. The molecule has 0 amide bonds. The van der Waals surface area contributed by atoms with Gasteiger partial charge in [0.25, 0.3) is 0 Å². The molecule has 1 unspecified atom stereocenters. The Bertz CT molecular complexity index is 907. The van der Waals surface area contributed by atoms with Gasteiger partial charge in [0, 0.05) is 29.1 Å². The summed E-state index contributed by atoms with van der Waals surface area (Å²) in [7, 11) is 0. The van der Waals surface area contributed by atoms with E-state index in [9.17, 15) is 4.39 Å². The van der Waals surface area contributed by atoms with Crippen LogP contribution >= 0.6 is 23.2 Å². The van der Waals surface area contributed by atoms with Crippen molar-refractivity contribution in [3.8, 4) is 0 Å². The number of nitrogens with zero attached hydrogens (tertiary/aromatic N) is 3. The van der Waals surface area contributed by atoms with Gasteiger partial charge in [-0.3, -0.25) is 0 Å². The lowest BCUT2D eigenvalue weighted by molar-refractivity contribution is 0.207. The molecule has 3 heterocycles. The molecule has 0 bridgehead atoms. The quantitative estimate of drug-likeness (QED) is 0.646. The van der Waals surface area contributed by atoms with E-state index in [1.54, 1.807) is 12.1 Å². The van der Waals surface area contributed by atoms with Crippen molar-refractivity contribution in [2.45, 2.75) is 25.2 Å². The molecule has 1 atom stereocenters. The van der Waals surface area contributed by atoms with Crippen LogP contribution in [-0.2, 0) is 6.42 Å². The minimum Gasteiger partial charge on any atom is -0.340 e. The van der Waals surface area contributed by atoms with Gasteiger partial charge in [-0.25, -0.2) is 4.98 Å². The van der Waals surface area contributed by atoms with Crippen LogP contribution in [0.4, 0.5) is 4.39 Å². The SMILES string of the molecule is Fc1ccc2[nH]c(C3CCCN(CCc4cc(Cl)cc(Cl)c4)C3)nc2n1. The zero-order valence-electron chi connectivity index (χ0n) is 14.2. The van der Waals surface area contributed by atoms with E-state index < -0.39 is 5.95 Å². The zero-order valence-corrected chi connectivity index (χ0v) is 15.7. The Morgan fingerprint density at radius 2 is 1.96 bits per heavy atom. The molecule has 1 aliphatic heterocycles. The van der Waals surface area contributed by atoms with Crippen molar-refractivity contribution in [1.82, 2.24) is 19.9 Å². The first-order valence-corrected chi connectivity index (χ1v) is 9.52. The number of aromatic amines is 1. The lowest BCUT2D eigenvalue weighted by Crippen LogP contribution is -2.36. The molecule has 26 heavy (non-hydrogen) atoms. The van der Waals surface area contributed by atoms with Crippen LogP contribution in [0.2, 0.25) is 10.0 Å². The molecule has 7 heteroatoms. The molecule has 1 fully saturated rings. The highest BCUT2D eigenvalue weighted by atomic mass is 35.5. The number of hydrogen-bond acceptors (Lipinski definition) is 3. The summed E-state index contributed by atoms with van der Waals surface area (Å²) < 4.78 is 13.3. The monoisotopic (exact) mass is 392 g/mol. The smallest absolute Gasteiger partial charge is 0.215 e. The molecule has 1 N–H and O–H groups in total. The molecule has 3 aromatic rings. The molecule has 4 rings (SSSR count).